The lowest BCUT2D eigenvalue weighted by Crippen LogP contribution is -1.87. The molecule has 0 unspecified atom stereocenters. The van der Waals surface area contributed by atoms with Crippen LogP contribution in [0, 0.1) is 0 Å². The molecule has 0 aliphatic rings. The molecule has 3 rings (SSSR count). The lowest BCUT2D eigenvalue weighted by Gasteiger charge is -1.99. The molecule has 2 N–H and O–H groups in total. The molecular weight excluding hydrogens is 316 g/mol. The Hall–Kier alpha value is -1.73. The summed E-state index contributed by atoms with van der Waals surface area (Å²) >= 11 is 4.82. The molecule has 18 heavy (non-hydrogen) atoms. The molecule has 90 valence electrons. The van der Waals surface area contributed by atoms with E-state index in [1.807, 2.05) is 17.5 Å². The largest absolute Gasteiger partial charge is 0.398 e. The summed E-state index contributed by atoms with van der Waals surface area (Å²) in [7, 11) is 0. The molecule has 0 aliphatic carbocycles. The van der Waals surface area contributed by atoms with Gasteiger partial charge in [-0.05, 0) is 34.1 Å². The number of anilines is 1. The molecule has 0 spiro atoms. The van der Waals surface area contributed by atoms with E-state index in [4.69, 9.17) is 10.3 Å². The molecule has 7 heteroatoms. The standard InChI is InChI=1S/C11H7BrN4OS/c12-7-2-1-6(3-8(7)13)11-15-10(16-17-11)9-4-18-5-14-9/h1-5H,13H2. The number of nitrogens with zero attached hydrogens (tertiary/aromatic N) is 3. The van der Waals surface area contributed by atoms with Gasteiger partial charge in [-0.3, -0.25) is 0 Å². The van der Waals surface area contributed by atoms with Crippen LogP contribution in [-0.4, -0.2) is 15.1 Å². The van der Waals surface area contributed by atoms with E-state index in [-0.39, 0.29) is 0 Å². The fourth-order valence-corrected chi connectivity index (χ4v) is 2.22. The normalized spacial score (nSPS) is 10.7. The summed E-state index contributed by atoms with van der Waals surface area (Å²) in [6, 6.07) is 5.48. The van der Waals surface area contributed by atoms with Crippen LogP contribution in [0.25, 0.3) is 23.0 Å². The minimum atomic E-state index is 0.428. The van der Waals surface area contributed by atoms with Gasteiger partial charge in [0.15, 0.2) is 0 Å². The summed E-state index contributed by atoms with van der Waals surface area (Å²) in [5.41, 5.74) is 9.65. The van der Waals surface area contributed by atoms with Gasteiger partial charge >= 0.3 is 0 Å². The third-order valence-corrected chi connectivity index (χ3v) is 3.64. The minimum absolute atomic E-state index is 0.428. The van der Waals surface area contributed by atoms with Crippen molar-refractivity contribution in [3.05, 3.63) is 33.6 Å². The summed E-state index contributed by atoms with van der Waals surface area (Å²) < 4.78 is 6.04. The van der Waals surface area contributed by atoms with Crippen LogP contribution in [0.3, 0.4) is 0 Å². The Morgan fingerprint density at radius 3 is 2.94 bits per heavy atom. The van der Waals surface area contributed by atoms with Crippen molar-refractivity contribution >= 4 is 33.0 Å². The third-order valence-electron chi connectivity index (χ3n) is 2.33. The van der Waals surface area contributed by atoms with Crippen LogP contribution in [0.5, 0.6) is 0 Å². The Labute approximate surface area is 115 Å². The Morgan fingerprint density at radius 1 is 1.33 bits per heavy atom. The van der Waals surface area contributed by atoms with Gasteiger partial charge in [-0.25, -0.2) is 4.98 Å². The zero-order valence-corrected chi connectivity index (χ0v) is 11.4. The summed E-state index contributed by atoms with van der Waals surface area (Å²) in [6.07, 6.45) is 0. The van der Waals surface area contributed by atoms with E-state index >= 15 is 0 Å². The monoisotopic (exact) mass is 322 g/mol. The van der Waals surface area contributed by atoms with Crippen LogP contribution in [0.4, 0.5) is 5.69 Å². The molecule has 0 bridgehead atoms. The van der Waals surface area contributed by atoms with Gasteiger partial charge in [0.2, 0.25) is 5.82 Å². The van der Waals surface area contributed by atoms with Gasteiger partial charge in [0.1, 0.15) is 5.69 Å². The first-order valence-corrected chi connectivity index (χ1v) is 6.75. The quantitative estimate of drug-likeness (QED) is 0.733. The van der Waals surface area contributed by atoms with E-state index in [0.717, 1.165) is 10.0 Å². The predicted octanol–water partition coefficient (Wildman–Crippen LogP) is 3.20. The summed E-state index contributed by atoms with van der Waals surface area (Å²) in [5, 5.41) is 5.76. The highest BCUT2D eigenvalue weighted by molar-refractivity contribution is 9.10. The van der Waals surface area contributed by atoms with Gasteiger partial charge in [0.25, 0.3) is 5.89 Å². The zero-order chi connectivity index (χ0) is 12.5. The summed E-state index contributed by atoms with van der Waals surface area (Å²) in [5.74, 6) is 0.907. The first-order valence-electron chi connectivity index (χ1n) is 5.02. The molecule has 0 amide bonds. The average Bonchev–Trinajstić information content (AvgIpc) is 3.01. The number of nitrogen functional groups attached to an aromatic ring is 1. The van der Waals surface area contributed by atoms with Crippen molar-refractivity contribution < 1.29 is 4.52 Å². The van der Waals surface area contributed by atoms with Gasteiger partial charge in [0, 0.05) is 21.1 Å². The third kappa shape index (κ3) is 2.02. The number of benzene rings is 1. The highest BCUT2D eigenvalue weighted by Gasteiger charge is 2.12. The Balaban J connectivity index is 2.00. The first-order chi connectivity index (χ1) is 8.74. The number of aromatic nitrogens is 3. The molecule has 5 nitrogen and oxygen atoms in total. The lowest BCUT2D eigenvalue weighted by molar-refractivity contribution is 0.432. The topological polar surface area (TPSA) is 77.8 Å². The predicted molar refractivity (Wildman–Crippen MR) is 73.0 cm³/mol. The number of rotatable bonds is 2. The van der Waals surface area contributed by atoms with Crippen LogP contribution in [0.2, 0.25) is 0 Å². The number of hydrogen-bond donors (Lipinski definition) is 1. The van der Waals surface area contributed by atoms with E-state index in [2.05, 4.69) is 31.1 Å². The van der Waals surface area contributed by atoms with E-state index < -0.39 is 0 Å². The van der Waals surface area contributed by atoms with Crippen LogP contribution in [0.15, 0.2) is 38.1 Å². The maximum Gasteiger partial charge on any atom is 0.258 e. The Kier molecular flexibility index (Phi) is 2.85. The van der Waals surface area contributed by atoms with Crippen molar-refractivity contribution in [1.29, 1.82) is 0 Å². The van der Waals surface area contributed by atoms with Crippen molar-refractivity contribution in [1.82, 2.24) is 15.1 Å². The molecule has 0 saturated carbocycles. The fraction of sp³-hybridized carbons (Fsp3) is 0. The molecule has 0 radical (unpaired) electrons. The van der Waals surface area contributed by atoms with Crippen molar-refractivity contribution in [2.75, 3.05) is 5.73 Å². The molecule has 1 aromatic carbocycles. The molecule has 2 heterocycles. The van der Waals surface area contributed by atoms with Gasteiger partial charge in [-0.15, -0.1) is 11.3 Å². The second-order valence-corrected chi connectivity index (χ2v) is 5.11. The average molecular weight is 323 g/mol. The molecule has 2 aromatic heterocycles. The highest BCUT2D eigenvalue weighted by Crippen LogP contribution is 2.27. The van der Waals surface area contributed by atoms with Crippen molar-refractivity contribution in [2.24, 2.45) is 0 Å². The van der Waals surface area contributed by atoms with Gasteiger partial charge in [0.05, 0.1) is 5.51 Å². The van der Waals surface area contributed by atoms with Crippen LogP contribution in [-0.2, 0) is 0 Å². The first kappa shape index (κ1) is 11.4. The van der Waals surface area contributed by atoms with Crippen molar-refractivity contribution in [3.8, 4) is 23.0 Å². The second-order valence-electron chi connectivity index (χ2n) is 3.53. The highest BCUT2D eigenvalue weighted by atomic mass is 79.9. The van der Waals surface area contributed by atoms with Crippen LogP contribution >= 0.6 is 27.3 Å². The number of thiazole rings is 1. The van der Waals surface area contributed by atoms with Crippen LogP contribution in [0.1, 0.15) is 0 Å². The van der Waals surface area contributed by atoms with Gasteiger partial charge in [-0.2, -0.15) is 4.98 Å². The number of nitrogens with two attached hydrogens (primary N) is 1. The lowest BCUT2D eigenvalue weighted by atomic mass is 10.2. The van der Waals surface area contributed by atoms with Gasteiger partial charge < -0.3 is 10.3 Å². The van der Waals surface area contributed by atoms with Gasteiger partial charge in [-0.1, -0.05) is 5.16 Å². The second kappa shape index (κ2) is 4.51. The molecule has 0 atom stereocenters. The van der Waals surface area contributed by atoms with E-state index in [1.54, 1.807) is 11.6 Å². The molecule has 0 fully saturated rings. The molecular formula is C11H7BrN4OS. The fourth-order valence-electron chi connectivity index (χ4n) is 1.44. The van der Waals surface area contributed by atoms with Crippen molar-refractivity contribution in [2.45, 2.75) is 0 Å². The maximum absolute atomic E-state index is 5.81. The van der Waals surface area contributed by atoms with E-state index in [9.17, 15) is 0 Å². The van der Waals surface area contributed by atoms with Crippen molar-refractivity contribution in [3.63, 3.8) is 0 Å². The molecule has 0 aliphatic heterocycles. The minimum Gasteiger partial charge on any atom is -0.398 e. The summed E-state index contributed by atoms with van der Waals surface area (Å²) in [6.45, 7) is 0. The van der Waals surface area contributed by atoms with E-state index in [0.29, 0.717) is 23.1 Å². The van der Waals surface area contributed by atoms with Crippen LogP contribution < -0.4 is 5.73 Å². The summed E-state index contributed by atoms with van der Waals surface area (Å²) in [4.78, 5) is 8.42. The maximum atomic E-state index is 5.81. The SMILES string of the molecule is Nc1cc(-c2nc(-c3cscn3)no2)ccc1Br. The smallest absolute Gasteiger partial charge is 0.258 e. The zero-order valence-electron chi connectivity index (χ0n) is 9.00. The number of hydrogen-bond acceptors (Lipinski definition) is 6. The Morgan fingerprint density at radius 2 is 2.22 bits per heavy atom. The Bertz CT molecular complexity index is 680. The molecule has 0 saturated heterocycles. The van der Waals surface area contributed by atoms with E-state index in [1.165, 1.54) is 11.3 Å². The molecule has 3 aromatic rings. The number of halogens is 1.